The number of anilines is 2. The van der Waals surface area contributed by atoms with Gasteiger partial charge in [0.25, 0.3) is 0 Å². The highest BCUT2D eigenvalue weighted by atomic mass is 15.3. The van der Waals surface area contributed by atoms with Crippen molar-refractivity contribution in [3.8, 4) is 0 Å². The van der Waals surface area contributed by atoms with Gasteiger partial charge in [-0.1, -0.05) is 30.3 Å². The standard InChI is InChI=1S/C18H22N4/c1-14-6-4-5-7-16(14)15-8-12-22(13-9-15)18-17(21(2)3)19-10-11-20-18/h4-8,10-11H,9,12-13H2,1-3H3. The van der Waals surface area contributed by atoms with Crippen LogP contribution in [0.2, 0.25) is 0 Å². The summed E-state index contributed by atoms with van der Waals surface area (Å²) < 4.78 is 0. The molecular weight excluding hydrogens is 272 g/mol. The number of hydrogen-bond acceptors (Lipinski definition) is 4. The summed E-state index contributed by atoms with van der Waals surface area (Å²) >= 11 is 0. The topological polar surface area (TPSA) is 32.3 Å². The van der Waals surface area contributed by atoms with Crippen LogP contribution in [0.5, 0.6) is 0 Å². The Balaban J connectivity index is 1.84. The Morgan fingerprint density at radius 3 is 2.55 bits per heavy atom. The van der Waals surface area contributed by atoms with Crippen LogP contribution in [0, 0.1) is 6.92 Å². The van der Waals surface area contributed by atoms with E-state index in [2.05, 4.69) is 52.1 Å². The largest absolute Gasteiger partial charge is 0.360 e. The van der Waals surface area contributed by atoms with Gasteiger partial charge in [0.05, 0.1) is 0 Å². The van der Waals surface area contributed by atoms with Crippen LogP contribution in [-0.4, -0.2) is 37.2 Å². The second kappa shape index (κ2) is 6.18. The molecule has 0 N–H and O–H groups in total. The third-order valence-corrected chi connectivity index (χ3v) is 4.08. The smallest absolute Gasteiger partial charge is 0.172 e. The van der Waals surface area contributed by atoms with Gasteiger partial charge in [-0.05, 0) is 30.0 Å². The van der Waals surface area contributed by atoms with Gasteiger partial charge in [-0.3, -0.25) is 0 Å². The molecule has 4 nitrogen and oxygen atoms in total. The second-order valence-corrected chi connectivity index (χ2v) is 5.84. The fourth-order valence-corrected chi connectivity index (χ4v) is 2.90. The molecule has 0 spiro atoms. The highest BCUT2D eigenvalue weighted by molar-refractivity contribution is 5.72. The van der Waals surface area contributed by atoms with Gasteiger partial charge in [0, 0.05) is 39.6 Å². The van der Waals surface area contributed by atoms with Gasteiger partial charge in [0.2, 0.25) is 0 Å². The zero-order valence-corrected chi connectivity index (χ0v) is 13.5. The van der Waals surface area contributed by atoms with E-state index in [1.165, 1.54) is 16.7 Å². The van der Waals surface area contributed by atoms with Crippen LogP contribution in [0.4, 0.5) is 11.6 Å². The SMILES string of the molecule is Cc1ccccc1C1=CCN(c2nccnc2N(C)C)CC1. The molecule has 0 saturated heterocycles. The highest BCUT2D eigenvalue weighted by Gasteiger charge is 2.19. The van der Waals surface area contributed by atoms with E-state index >= 15 is 0 Å². The molecule has 0 aliphatic carbocycles. The molecule has 22 heavy (non-hydrogen) atoms. The lowest BCUT2D eigenvalue weighted by atomic mass is 9.96. The summed E-state index contributed by atoms with van der Waals surface area (Å²) in [6.07, 6.45) is 6.87. The van der Waals surface area contributed by atoms with Gasteiger partial charge in [-0.2, -0.15) is 0 Å². The molecule has 0 unspecified atom stereocenters. The molecule has 2 aromatic rings. The summed E-state index contributed by atoms with van der Waals surface area (Å²) in [6.45, 7) is 4.03. The number of hydrogen-bond donors (Lipinski definition) is 0. The maximum atomic E-state index is 4.53. The maximum absolute atomic E-state index is 4.53. The van der Waals surface area contributed by atoms with E-state index in [-0.39, 0.29) is 0 Å². The van der Waals surface area contributed by atoms with Crippen molar-refractivity contribution in [2.45, 2.75) is 13.3 Å². The third-order valence-electron chi connectivity index (χ3n) is 4.08. The van der Waals surface area contributed by atoms with Crippen LogP contribution in [0.15, 0.2) is 42.7 Å². The van der Waals surface area contributed by atoms with Crippen molar-refractivity contribution < 1.29 is 0 Å². The fourth-order valence-electron chi connectivity index (χ4n) is 2.90. The Kier molecular flexibility index (Phi) is 4.09. The Morgan fingerprint density at radius 2 is 1.86 bits per heavy atom. The minimum atomic E-state index is 0.878. The van der Waals surface area contributed by atoms with E-state index in [1.54, 1.807) is 12.4 Å². The average molecular weight is 294 g/mol. The number of nitrogens with zero attached hydrogens (tertiary/aromatic N) is 4. The van der Waals surface area contributed by atoms with E-state index in [9.17, 15) is 0 Å². The quantitative estimate of drug-likeness (QED) is 0.870. The first-order valence-corrected chi connectivity index (χ1v) is 7.65. The van der Waals surface area contributed by atoms with E-state index < -0.39 is 0 Å². The summed E-state index contributed by atoms with van der Waals surface area (Å²) in [7, 11) is 4.01. The lowest BCUT2D eigenvalue weighted by Gasteiger charge is -2.30. The van der Waals surface area contributed by atoms with Crippen LogP contribution in [0.3, 0.4) is 0 Å². The predicted molar refractivity (Wildman–Crippen MR) is 92.3 cm³/mol. The van der Waals surface area contributed by atoms with Crippen LogP contribution in [-0.2, 0) is 0 Å². The van der Waals surface area contributed by atoms with E-state index in [0.717, 1.165) is 31.1 Å². The first-order chi connectivity index (χ1) is 10.7. The first-order valence-electron chi connectivity index (χ1n) is 7.65. The Labute approximate surface area is 132 Å². The molecule has 0 amide bonds. The molecule has 1 aromatic heterocycles. The van der Waals surface area contributed by atoms with E-state index in [0.29, 0.717) is 0 Å². The monoisotopic (exact) mass is 294 g/mol. The van der Waals surface area contributed by atoms with Crippen molar-refractivity contribution in [3.05, 3.63) is 53.9 Å². The summed E-state index contributed by atoms with van der Waals surface area (Å²) in [5.41, 5.74) is 4.15. The minimum absolute atomic E-state index is 0.878. The molecule has 0 atom stereocenters. The van der Waals surface area contributed by atoms with Gasteiger partial charge < -0.3 is 9.80 Å². The summed E-state index contributed by atoms with van der Waals surface area (Å²) in [5.74, 6) is 1.89. The number of benzene rings is 1. The number of aryl methyl sites for hydroxylation is 1. The molecule has 0 bridgehead atoms. The van der Waals surface area contributed by atoms with E-state index in [1.807, 2.05) is 19.0 Å². The normalized spacial score (nSPS) is 14.7. The minimum Gasteiger partial charge on any atom is -0.360 e. The van der Waals surface area contributed by atoms with Crippen LogP contribution in [0.1, 0.15) is 17.5 Å². The molecule has 0 radical (unpaired) electrons. The van der Waals surface area contributed by atoms with Gasteiger partial charge in [0.15, 0.2) is 11.6 Å². The fraction of sp³-hybridized carbons (Fsp3) is 0.333. The first kappa shape index (κ1) is 14.6. The van der Waals surface area contributed by atoms with Crippen molar-refractivity contribution in [2.75, 3.05) is 37.0 Å². The van der Waals surface area contributed by atoms with Crippen LogP contribution >= 0.6 is 0 Å². The van der Waals surface area contributed by atoms with Gasteiger partial charge >= 0.3 is 0 Å². The summed E-state index contributed by atoms with van der Waals surface area (Å²) in [5, 5.41) is 0. The molecule has 3 rings (SSSR count). The zero-order valence-electron chi connectivity index (χ0n) is 13.5. The molecule has 1 aromatic carbocycles. The van der Waals surface area contributed by atoms with Crippen LogP contribution in [0.25, 0.3) is 5.57 Å². The van der Waals surface area contributed by atoms with Gasteiger partial charge in [-0.25, -0.2) is 9.97 Å². The van der Waals surface area contributed by atoms with Crippen molar-refractivity contribution in [1.82, 2.24) is 9.97 Å². The van der Waals surface area contributed by atoms with Crippen molar-refractivity contribution in [3.63, 3.8) is 0 Å². The zero-order chi connectivity index (χ0) is 15.5. The summed E-state index contributed by atoms with van der Waals surface area (Å²) in [6, 6.07) is 8.60. The van der Waals surface area contributed by atoms with Crippen LogP contribution < -0.4 is 9.80 Å². The molecule has 1 aliphatic heterocycles. The van der Waals surface area contributed by atoms with E-state index in [4.69, 9.17) is 0 Å². The third kappa shape index (κ3) is 2.82. The lowest BCUT2D eigenvalue weighted by molar-refractivity contribution is 0.807. The van der Waals surface area contributed by atoms with Gasteiger partial charge in [-0.15, -0.1) is 0 Å². The molecule has 0 saturated carbocycles. The molecule has 1 aliphatic rings. The molecule has 0 fully saturated rings. The van der Waals surface area contributed by atoms with Crippen molar-refractivity contribution in [1.29, 1.82) is 0 Å². The van der Waals surface area contributed by atoms with Crippen molar-refractivity contribution in [2.24, 2.45) is 0 Å². The van der Waals surface area contributed by atoms with Crippen molar-refractivity contribution >= 4 is 17.2 Å². The number of rotatable bonds is 3. The predicted octanol–water partition coefficient (Wildman–Crippen LogP) is 3.14. The van der Waals surface area contributed by atoms with Gasteiger partial charge in [0.1, 0.15) is 0 Å². The molecule has 2 heterocycles. The lowest BCUT2D eigenvalue weighted by Crippen LogP contribution is -2.31. The Hall–Kier alpha value is -2.36. The molecule has 114 valence electrons. The number of aromatic nitrogens is 2. The second-order valence-electron chi connectivity index (χ2n) is 5.84. The maximum Gasteiger partial charge on any atom is 0.172 e. The average Bonchev–Trinajstić information content (AvgIpc) is 2.55. The molecule has 4 heteroatoms. The summed E-state index contributed by atoms with van der Waals surface area (Å²) in [4.78, 5) is 13.3. The Morgan fingerprint density at radius 1 is 1.09 bits per heavy atom. The molecular formula is C18H22N4. The Bertz CT molecular complexity index is 691. The highest BCUT2D eigenvalue weighted by Crippen LogP contribution is 2.29.